The minimum atomic E-state index is -1.23. The number of carbonyl (C=O) groups excluding carboxylic acids is 7. The van der Waals surface area contributed by atoms with E-state index in [0.29, 0.717) is 62.1 Å². The highest BCUT2D eigenvalue weighted by Crippen LogP contribution is 2.25. The van der Waals surface area contributed by atoms with Gasteiger partial charge in [-0.2, -0.15) is 63.1 Å². The van der Waals surface area contributed by atoms with Crippen LogP contribution in [-0.2, 0) is 80.9 Å². The molecule has 364 valence electrons. The first kappa shape index (κ1) is 64.2. The van der Waals surface area contributed by atoms with Crippen LogP contribution in [0.15, 0.2) is 0 Å². The van der Waals surface area contributed by atoms with Gasteiger partial charge < -0.3 is 47.4 Å². The van der Waals surface area contributed by atoms with Crippen molar-refractivity contribution < 1.29 is 80.9 Å². The Bertz CT molecular complexity index is 1110. The normalized spacial score (nSPS) is 11.7. The van der Waals surface area contributed by atoms with Crippen LogP contribution in [0.1, 0.15) is 86.0 Å². The van der Waals surface area contributed by atoms with E-state index in [2.05, 4.69) is 63.1 Å². The van der Waals surface area contributed by atoms with E-state index in [0.717, 1.165) is 6.42 Å². The molecular formula is C40H72O17S5. The molecule has 0 radical (unpaired) electrons. The SMILES string of the molecule is C.CCCC(=O)OCC(COC(=O)CCS)(COC(=O)CCS)COC(=O)CCS.CCCC(=O)OCCOCC(CC)(COCCOC(=O)CS)COCCOC(=O)CCS. The van der Waals surface area contributed by atoms with Crippen molar-refractivity contribution >= 4 is 105 Å². The molecule has 1 atom stereocenters. The third-order valence-corrected chi connectivity index (χ3v) is 9.06. The Morgan fingerprint density at radius 2 is 0.629 bits per heavy atom. The number of hydrogen-bond acceptors (Lipinski definition) is 22. The van der Waals surface area contributed by atoms with E-state index >= 15 is 0 Å². The van der Waals surface area contributed by atoms with Crippen molar-refractivity contribution in [3.8, 4) is 0 Å². The minimum absolute atomic E-state index is 0. The van der Waals surface area contributed by atoms with Crippen LogP contribution in [0.3, 0.4) is 0 Å². The summed E-state index contributed by atoms with van der Waals surface area (Å²) in [6, 6.07) is 0. The highest BCUT2D eigenvalue weighted by atomic mass is 32.1. The molecule has 0 rings (SSSR count). The van der Waals surface area contributed by atoms with Crippen molar-refractivity contribution in [1.29, 1.82) is 0 Å². The first-order chi connectivity index (χ1) is 29.2. The quantitative estimate of drug-likeness (QED) is 0.0248. The molecule has 0 N–H and O–H groups in total. The van der Waals surface area contributed by atoms with Gasteiger partial charge in [-0.25, -0.2) is 0 Å². The van der Waals surface area contributed by atoms with Gasteiger partial charge in [0.2, 0.25) is 0 Å². The fraction of sp³-hybridized carbons (Fsp3) is 0.825. The number of ether oxygens (including phenoxy) is 10. The highest BCUT2D eigenvalue weighted by Gasteiger charge is 2.38. The first-order valence-electron chi connectivity index (χ1n) is 20.1. The zero-order valence-corrected chi connectivity index (χ0v) is 40.2. The van der Waals surface area contributed by atoms with Crippen LogP contribution in [0.5, 0.6) is 0 Å². The molecule has 0 aromatic rings. The number of rotatable bonds is 37. The van der Waals surface area contributed by atoms with E-state index < -0.39 is 40.7 Å². The number of esters is 7. The Morgan fingerprint density at radius 3 is 0.903 bits per heavy atom. The van der Waals surface area contributed by atoms with Crippen LogP contribution in [0.4, 0.5) is 0 Å². The Balaban J connectivity index is -0.00000111. The summed E-state index contributed by atoms with van der Waals surface area (Å²) in [6.45, 7) is 6.86. The van der Waals surface area contributed by atoms with E-state index in [1.807, 2.05) is 20.8 Å². The molecule has 0 aliphatic heterocycles. The first-order valence-corrected chi connectivity index (χ1v) is 23.3. The Hall–Kier alpha value is -2.08. The molecule has 0 saturated heterocycles. The summed E-state index contributed by atoms with van der Waals surface area (Å²) in [7, 11) is 0. The van der Waals surface area contributed by atoms with Gasteiger partial charge in [0.25, 0.3) is 0 Å². The fourth-order valence-corrected chi connectivity index (χ4v) is 5.20. The number of hydrogen-bond donors (Lipinski definition) is 5. The molecule has 0 fully saturated rings. The fourth-order valence-electron chi connectivity index (χ4n) is 4.38. The molecule has 0 aliphatic carbocycles. The average Bonchev–Trinajstić information content (AvgIpc) is 3.23. The van der Waals surface area contributed by atoms with Crippen molar-refractivity contribution in [2.24, 2.45) is 10.8 Å². The van der Waals surface area contributed by atoms with Crippen molar-refractivity contribution in [3.05, 3.63) is 0 Å². The predicted octanol–water partition coefficient (Wildman–Crippen LogP) is 4.65. The summed E-state index contributed by atoms with van der Waals surface area (Å²) in [4.78, 5) is 81.2. The van der Waals surface area contributed by atoms with Gasteiger partial charge in [0.15, 0.2) is 0 Å². The Kier molecular flexibility index (Phi) is 44.4. The maximum absolute atomic E-state index is 11.8. The molecule has 0 spiro atoms. The molecule has 0 aromatic carbocycles. The zero-order valence-electron chi connectivity index (χ0n) is 35.8. The summed E-state index contributed by atoms with van der Waals surface area (Å²) >= 11 is 19.8. The van der Waals surface area contributed by atoms with Crippen molar-refractivity contribution in [2.75, 3.05) is 115 Å². The monoisotopic (exact) mass is 984 g/mol. The van der Waals surface area contributed by atoms with E-state index in [1.54, 1.807) is 0 Å². The van der Waals surface area contributed by atoms with Crippen molar-refractivity contribution in [2.45, 2.75) is 86.0 Å². The molecule has 22 heteroatoms. The molecular weight excluding hydrogens is 913 g/mol. The summed E-state index contributed by atoms with van der Waals surface area (Å²) in [5, 5.41) is 0. The lowest BCUT2D eigenvalue weighted by molar-refractivity contribution is -0.170. The lowest BCUT2D eigenvalue weighted by Gasteiger charge is -2.32. The van der Waals surface area contributed by atoms with Gasteiger partial charge in [0, 0.05) is 41.3 Å². The number of carbonyl (C=O) groups is 7. The summed E-state index contributed by atoms with van der Waals surface area (Å²) in [6.07, 6.45) is 3.10. The van der Waals surface area contributed by atoms with Gasteiger partial charge >= 0.3 is 41.8 Å². The van der Waals surface area contributed by atoms with Crippen LogP contribution >= 0.6 is 63.1 Å². The zero-order chi connectivity index (χ0) is 46.2. The van der Waals surface area contributed by atoms with Gasteiger partial charge in [0.05, 0.1) is 71.1 Å². The third kappa shape index (κ3) is 36.3. The van der Waals surface area contributed by atoms with Crippen LogP contribution < -0.4 is 0 Å². The van der Waals surface area contributed by atoms with Gasteiger partial charge in [0.1, 0.15) is 51.7 Å². The van der Waals surface area contributed by atoms with Gasteiger partial charge in [-0.3, -0.25) is 33.6 Å². The number of thiol groups is 5. The standard InChI is InChI=1S/C21H38O9S2.C18H30O8S3.CH4/c1-3-5-18(22)28-10-7-25-15-21(4-2,17-27-9-12-30-20(24)14-32)16-26-8-11-29-19(23)6-13-31;1-2-3-14(19)23-10-18(11-24-15(20)4-7-27,12-25-16(21)5-8-28)13-26-17(22)6-9-29;/h31-32H,3-17H2,1-2H3;27-29H,2-13H2,1H3;1H4. The highest BCUT2D eigenvalue weighted by molar-refractivity contribution is 7.81. The van der Waals surface area contributed by atoms with Crippen molar-refractivity contribution in [1.82, 2.24) is 0 Å². The molecule has 0 bridgehead atoms. The molecule has 0 aliphatic rings. The largest absolute Gasteiger partial charge is 0.465 e. The summed E-state index contributed by atoms with van der Waals surface area (Å²) in [5.41, 5.74) is -1.69. The predicted molar refractivity (Wildman–Crippen MR) is 249 cm³/mol. The summed E-state index contributed by atoms with van der Waals surface area (Å²) in [5.74, 6) is -1.64. The second-order valence-electron chi connectivity index (χ2n) is 13.4. The molecule has 62 heavy (non-hydrogen) atoms. The van der Waals surface area contributed by atoms with Gasteiger partial charge in [-0.05, 0) is 19.3 Å². The molecule has 0 amide bonds. The van der Waals surface area contributed by atoms with E-state index in [-0.39, 0.29) is 123 Å². The average molecular weight is 985 g/mol. The van der Waals surface area contributed by atoms with Crippen LogP contribution in [-0.4, -0.2) is 156 Å². The third-order valence-electron chi connectivity index (χ3n) is 7.91. The lowest BCUT2D eigenvalue weighted by atomic mass is 9.88. The maximum Gasteiger partial charge on any atom is 0.315 e. The van der Waals surface area contributed by atoms with E-state index in [4.69, 9.17) is 47.4 Å². The van der Waals surface area contributed by atoms with Gasteiger partial charge in [-0.1, -0.05) is 28.2 Å². The second-order valence-corrected chi connectivity index (χ2v) is 15.5. The maximum atomic E-state index is 11.8. The van der Waals surface area contributed by atoms with E-state index in [9.17, 15) is 33.6 Å². The molecule has 17 nitrogen and oxygen atoms in total. The van der Waals surface area contributed by atoms with Crippen LogP contribution in [0, 0.1) is 10.8 Å². The van der Waals surface area contributed by atoms with E-state index in [1.165, 1.54) is 0 Å². The van der Waals surface area contributed by atoms with Gasteiger partial charge in [-0.15, -0.1) is 0 Å². The van der Waals surface area contributed by atoms with Crippen molar-refractivity contribution in [3.63, 3.8) is 0 Å². The van der Waals surface area contributed by atoms with Crippen LogP contribution in [0.25, 0.3) is 0 Å². The minimum Gasteiger partial charge on any atom is -0.465 e. The smallest absolute Gasteiger partial charge is 0.315 e. The van der Waals surface area contributed by atoms with Crippen LogP contribution in [0.2, 0.25) is 0 Å². The molecule has 0 aromatic heterocycles. The Labute approximate surface area is 395 Å². The topological polar surface area (TPSA) is 212 Å². The lowest BCUT2D eigenvalue weighted by Crippen LogP contribution is -2.44. The summed E-state index contributed by atoms with van der Waals surface area (Å²) < 4.78 is 53.2. The molecule has 0 heterocycles. The molecule has 0 saturated carbocycles. The second kappa shape index (κ2) is 42.8. The molecule has 1 unspecified atom stereocenters. The Morgan fingerprint density at radius 1 is 0.355 bits per heavy atom.